The molecule has 190 valence electrons. The van der Waals surface area contributed by atoms with Crippen LogP contribution in [0.2, 0.25) is 0 Å². The van der Waals surface area contributed by atoms with E-state index in [9.17, 15) is 0 Å². The number of hydrogen-bond donors (Lipinski definition) is 1. The van der Waals surface area contributed by atoms with Crippen molar-refractivity contribution in [1.29, 1.82) is 0 Å². The monoisotopic (exact) mass is 494 g/mol. The predicted molar refractivity (Wildman–Crippen MR) is 152 cm³/mol. The van der Waals surface area contributed by atoms with Gasteiger partial charge in [0.25, 0.3) is 0 Å². The van der Waals surface area contributed by atoms with Gasteiger partial charge in [-0.25, -0.2) is 9.97 Å². The van der Waals surface area contributed by atoms with E-state index in [2.05, 4.69) is 67.8 Å². The van der Waals surface area contributed by atoms with Crippen molar-refractivity contribution in [3.8, 4) is 0 Å². The van der Waals surface area contributed by atoms with Crippen LogP contribution in [0.1, 0.15) is 69.7 Å². The molecule has 1 N–H and O–H groups in total. The minimum atomic E-state index is 0.748. The Hall–Kier alpha value is -2.44. The number of methoxy groups -OCH3 is 1. The van der Waals surface area contributed by atoms with Gasteiger partial charge in [-0.05, 0) is 75.3 Å². The second-order valence-electron chi connectivity index (χ2n) is 9.15. The van der Waals surface area contributed by atoms with Gasteiger partial charge in [0.2, 0.25) is 0 Å². The summed E-state index contributed by atoms with van der Waals surface area (Å²) in [6.07, 6.45) is 10.9. The van der Waals surface area contributed by atoms with Crippen molar-refractivity contribution >= 4 is 29.4 Å². The molecule has 0 aliphatic rings. The van der Waals surface area contributed by atoms with Gasteiger partial charge in [-0.2, -0.15) is 0 Å². The van der Waals surface area contributed by atoms with Crippen LogP contribution in [-0.2, 0) is 11.2 Å². The molecule has 0 amide bonds. The molecule has 1 atom stereocenters. The Kier molecular flexibility index (Phi) is 12.8. The van der Waals surface area contributed by atoms with Crippen molar-refractivity contribution in [1.82, 2.24) is 9.97 Å². The summed E-state index contributed by atoms with van der Waals surface area (Å²) in [6.45, 7) is 13.6. The number of nitrogens with zero attached hydrogens (tertiary/aromatic N) is 3. The van der Waals surface area contributed by atoms with Crippen LogP contribution >= 0.6 is 11.8 Å². The highest BCUT2D eigenvalue weighted by atomic mass is 32.2. The van der Waals surface area contributed by atoms with Gasteiger partial charge in [0, 0.05) is 38.7 Å². The Morgan fingerprint density at radius 1 is 1.23 bits per heavy atom. The largest absolute Gasteiger partial charge is 0.385 e. The molecule has 6 heteroatoms. The zero-order valence-electron chi connectivity index (χ0n) is 22.4. The van der Waals surface area contributed by atoms with Crippen LogP contribution in [0.15, 0.2) is 57.7 Å². The summed E-state index contributed by atoms with van der Waals surface area (Å²) in [5.74, 6) is 1.57. The molecule has 1 unspecified atom stereocenters. The highest BCUT2D eigenvalue weighted by molar-refractivity contribution is 8.03. The topological polar surface area (TPSA) is 59.4 Å². The lowest BCUT2D eigenvalue weighted by molar-refractivity contribution is 0.171. The highest BCUT2D eigenvalue weighted by Crippen LogP contribution is 2.29. The zero-order chi connectivity index (χ0) is 25.6. The number of aryl methyl sites for hydroxylation is 2. The molecule has 0 saturated heterocycles. The zero-order valence-corrected chi connectivity index (χ0v) is 23.2. The number of aliphatic imine (C=N–C) groups is 1. The predicted octanol–water partition coefficient (Wildman–Crippen LogP) is 7.73. The summed E-state index contributed by atoms with van der Waals surface area (Å²) < 4.78 is 5.29. The van der Waals surface area contributed by atoms with Crippen molar-refractivity contribution in [2.75, 3.05) is 26.1 Å². The summed E-state index contributed by atoms with van der Waals surface area (Å²) >= 11 is 1.53. The summed E-state index contributed by atoms with van der Waals surface area (Å²) in [7, 11) is 3.57. The van der Waals surface area contributed by atoms with E-state index in [1.54, 1.807) is 14.2 Å². The van der Waals surface area contributed by atoms with Gasteiger partial charge in [-0.15, -0.1) is 0 Å². The minimum Gasteiger partial charge on any atom is -0.385 e. The van der Waals surface area contributed by atoms with Gasteiger partial charge in [0.05, 0.1) is 10.7 Å². The summed E-state index contributed by atoms with van der Waals surface area (Å²) in [6, 6.07) is 8.38. The summed E-state index contributed by atoms with van der Waals surface area (Å²) in [4.78, 5) is 13.6. The Morgan fingerprint density at radius 2 is 2.03 bits per heavy atom. The van der Waals surface area contributed by atoms with E-state index < -0.39 is 0 Å². The van der Waals surface area contributed by atoms with Gasteiger partial charge in [-0.3, -0.25) is 4.99 Å². The number of aromatic nitrogens is 2. The van der Waals surface area contributed by atoms with Crippen LogP contribution < -0.4 is 5.32 Å². The quantitative estimate of drug-likeness (QED) is 0.203. The van der Waals surface area contributed by atoms with E-state index in [1.807, 2.05) is 18.5 Å². The number of nitrogens with one attached hydrogen (secondary N) is 1. The number of hydrogen-bond acceptors (Lipinski definition) is 6. The molecule has 5 nitrogen and oxygen atoms in total. The molecular formula is C29H42N4OS. The van der Waals surface area contributed by atoms with Crippen molar-refractivity contribution in [2.45, 2.75) is 71.2 Å². The van der Waals surface area contributed by atoms with Crippen molar-refractivity contribution in [3.05, 3.63) is 64.5 Å². The maximum Gasteiger partial charge on any atom is 0.130 e. The molecule has 0 saturated carbocycles. The normalized spacial score (nSPS) is 12.1. The molecule has 0 aromatic carbocycles. The molecule has 2 rings (SSSR count). The van der Waals surface area contributed by atoms with E-state index in [0.717, 1.165) is 58.1 Å². The Balaban J connectivity index is 2.00. The maximum atomic E-state index is 5.29. The van der Waals surface area contributed by atoms with E-state index in [1.165, 1.54) is 48.6 Å². The van der Waals surface area contributed by atoms with Gasteiger partial charge in [-0.1, -0.05) is 56.2 Å². The van der Waals surface area contributed by atoms with Crippen molar-refractivity contribution in [3.63, 3.8) is 0 Å². The third-order valence-electron chi connectivity index (χ3n) is 5.94. The van der Waals surface area contributed by atoms with Crippen molar-refractivity contribution < 1.29 is 4.74 Å². The summed E-state index contributed by atoms with van der Waals surface area (Å²) in [5.41, 5.74) is 5.56. The standard InChI is InChI=1S/C29H42N4OS/c1-8-10-24(16-18-34-7)11-9-12-25-15-17-31-28(19-25)32-23(5)35-29-22(4)13-14-27(33-29)26(20-30-6)21(2)3/h13-15,17,19-20,24H,5,8-12,16,18H2,1-4,6-7H3,(H,31,32)/b30-20-. The number of rotatable bonds is 15. The molecule has 2 aromatic heterocycles. The number of thioether (sulfide) groups is 1. The third kappa shape index (κ3) is 9.98. The number of anilines is 1. The fourth-order valence-corrected chi connectivity index (χ4v) is 4.81. The van der Waals surface area contributed by atoms with Crippen LogP contribution in [0.5, 0.6) is 0 Å². The summed E-state index contributed by atoms with van der Waals surface area (Å²) in [5, 5.41) is 5.09. The molecule has 0 spiro atoms. The van der Waals surface area contributed by atoms with Crippen LogP contribution in [0.25, 0.3) is 5.57 Å². The average Bonchev–Trinajstić information content (AvgIpc) is 2.82. The molecule has 0 bridgehead atoms. The van der Waals surface area contributed by atoms with Crippen LogP contribution in [0.3, 0.4) is 0 Å². The second-order valence-corrected chi connectivity index (χ2v) is 10.2. The smallest absolute Gasteiger partial charge is 0.130 e. The van der Waals surface area contributed by atoms with Gasteiger partial charge < -0.3 is 10.1 Å². The minimum absolute atomic E-state index is 0.748. The molecule has 2 aromatic rings. The third-order valence-corrected chi connectivity index (χ3v) is 6.90. The second kappa shape index (κ2) is 15.5. The number of allylic oxidation sites excluding steroid dienone is 2. The lowest BCUT2D eigenvalue weighted by Crippen LogP contribution is -2.05. The van der Waals surface area contributed by atoms with Crippen molar-refractivity contribution in [2.24, 2.45) is 10.9 Å². The first-order valence-corrected chi connectivity index (χ1v) is 13.3. The lowest BCUT2D eigenvalue weighted by Gasteiger charge is -2.15. The molecular weight excluding hydrogens is 452 g/mol. The molecule has 0 aliphatic heterocycles. The molecule has 2 heterocycles. The van der Waals surface area contributed by atoms with Crippen LogP contribution in [0, 0.1) is 12.8 Å². The Labute approximate surface area is 216 Å². The Morgan fingerprint density at radius 3 is 2.71 bits per heavy atom. The van der Waals surface area contributed by atoms with E-state index >= 15 is 0 Å². The van der Waals surface area contributed by atoms with Crippen LogP contribution in [-0.4, -0.2) is 36.9 Å². The fourth-order valence-electron chi connectivity index (χ4n) is 4.05. The lowest BCUT2D eigenvalue weighted by atomic mass is 9.93. The molecule has 35 heavy (non-hydrogen) atoms. The molecule has 0 aliphatic carbocycles. The first-order valence-electron chi connectivity index (χ1n) is 12.5. The average molecular weight is 495 g/mol. The van der Waals surface area contributed by atoms with Gasteiger partial charge >= 0.3 is 0 Å². The van der Waals surface area contributed by atoms with E-state index in [-0.39, 0.29) is 0 Å². The first-order chi connectivity index (χ1) is 16.9. The highest BCUT2D eigenvalue weighted by Gasteiger charge is 2.11. The van der Waals surface area contributed by atoms with Crippen LogP contribution in [0.4, 0.5) is 5.82 Å². The SMILES string of the molecule is C=C(Nc1cc(CCCC(CCC)CCOC)ccn1)Sc1nc(C(/C=N\C)=C(C)C)ccc1C. The van der Waals surface area contributed by atoms with Gasteiger partial charge in [0.15, 0.2) is 0 Å². The number of pyridine rings is 2. The van der Waals surface area contributed by atoms with Gasteiger partial charge in [0.1, 0.15) is 10.8 Å². The van der Waals surface area contributed by atoms with E-state index in [0.29, 0.717) is 0 Å². The molecule has 0 fully saturated rings. The van der Waals surface area contributed by atoms with E-state index in [4.69, 9.17) is 9.72 Å². The molecule has 0 radical (unpaired) electrons. The first kappa shape index (κ1) is 28.8. The number of ether oxygens (including phenoxy) is 1. The maximum absolute atomic E-state index is 5.29. The fraction of sp³-hybridized carbons (Fsp3) is 0.483. The Bertz CT molecular complexity index is 1010.